The van der Waals surface area contributed by atoms with Crippen molar-refractivity contribution in [2.75, 3.05) is 5.32 Å². The Hall–Kier alpha value is -1.95. The second kappa shape index (κ2) is 7.08. The maximum absolute atomic E-state index is 12.2. The summed E-state index contributed by atoms with van der Waals surface area (Å²) in [5.74, 6) is 0.298. The van der Waals surface area contributed by atoms with Gasteiger partial charge in [0.25, 0.3) is 0 Å². The topological polar surface area (TPSA) is 54.9 Å². The highest BCUT2D eigenvalue weighted by Crippen LogP contribution is 2.27. The Morgan fingerprint density at radius 1 is 0.957 bits per heavy atom. The van der Waals surface area contributed by atoms with Gasteiger partial charge in [0, 0.05) is 15.6 Å². The van der Waals surface area contributed by atoms with Gasteiger partial charge in [-0.3, -0.25) is 4.79 Å². The Morgan fingerprint density at radius 3 is 2.22 bits per heavy atom. The highest BCUT2D eigenvalue weighted by Gasteiger charge is 2.13. The summed E-state index contributed by atoms with van der Waals surface area (Å²) in [6.45, 7) is 0. The molecule has 0 atom stereocenters. The monoisotopic (exact) mass is 363 g/mol. The van der Waals surface area contributed by atoms with E-state index in [1.807, 2.05) is 24.3 Å². The van der Waals surface area contributed by atoms with Gasteiger partial charge in [-0.25, -0.2) is 0 Å². The van der Waals surface area contributed by atoms with E-state index >= 15 is 0 Å². The number of nitrogens with one attached hydrogen (secondary N) is 1. The molecule has 2 aromatic carbocycles. The van der Waals surface area contributed by atoms with Crippen molar-refractivity contribution in [1.82, 2.24) is 8.75 Å². The summed E-state index contributed by atoms with van der Waals surface area (Å²) in [7, 11) is 0. The molecule has 0 radical (unpaired) electrons. The fourth-order valence-electron chi connectivity index (χ4n) is 2.03. The lowest BCUT2D eigenvalue weighted by molar-refractivity contribution is -0.115. The number of rotatable bonds is 4. The molecule has 0 fully saturated rings. The van der Waals surface area contributed by atoms with E-state index in [1.165, 1.54) is 0 Å². The van der Waals surface area contributed by atoms with Crippen molar-refractivity contribution in [3.05, 3.63) is 64.1 Å². The van der Waals surface area contributed by atoms with Crippen LogP contribution in [0.25, 0.3) is 11.3 Å². The summed E-state index contributed by atoms with van der Waals surface area (Å²) in [5, 5.41) is 4.08. The lowest BCUT2D eigenvalue weighted by atomic mass is 10.1. The fourth-order valence-corrected chi connectivity index (χ4v) is 2.81. The SMILES string of the molecule is O=C(Cc1ccc(Cl)cc1)Nc1nsnc1-c1ccc(Cl)cc1. The van der Waals surface area contributed by atoms with Crippen LogP contribution in [0, 0.1) is 0 Å². The zero-order valence-electron chi connectivity index (χ0n) is 11.8. The Labute approximate surface area is 147 Å². The molecule has 0 bridgehead atoms. The van der Waals surface area contributed by atoms with Crippen LogP contribution < -0.4 is 5.32 Å². The summed E-state index contributed by atoms with van der Waals surface area (Å²) in [6.07, 6.45) is 0.245. The first-order valence-electron chi connectivity index (χ1n) is 6.74. The Morgan fingerprint density at radius 2 is 1.57 bits per heavy atom. The van der Waals surface area contributed by atoms with E-state index in [0.717, 1.165) is 22.9 Å². The van der Waals surface area contributed by atoms with Gasteiger partial charge in [-0.2, -0.15) is 8.75 Å². The van der Waals surface area contributed by atoms with Crippen molar-refractivity contribution in [3.8, 4) is 11.3 Å². The van der Waals surface area contributed by atoms with Crippen molar-refractivity contribution < 1.29 is 4.79 Å². The van der Waals surface area contributed by atoms with Crippen molar-refractivity contribution in [1.29, 1.82) is 0 Å². The first-order valence-corrected chi connectivity index (χ1v) is 8.23. The van der Waals surface area contributed by atoms with Gasteiger partial charge in [0.1, 0.15) is 5.69 Å². The predicted octanol–water partition coefficient (Wildman–Crippen LogP) is 4.69. The molecule has 116 valence electrons. The smallest absolute Gasteiger partial charge is 0.230 e. The number of hydrogen-bond donors (Lipinski definition) is 1. The van der Waals surface area contributed by atoms with Crippen LogP contribution in [0.4, 0.5) is 5.82 Å². The molecule has 0 aliphatic heterocycles. The van der Waals surface area contributed by atoms with Gasteiger partial charge >= 0.3 is 0 Å². The second-order valence-corrected chi connectivity index (χ2v) is 6.22. The van der Waals surface area contributed by atoms with E-state index in [1.54, 1.807) is 24.3 Å². The number of aromatic nitrogens is 2. The van der Waals surface area contributed by atoms with E-state index in [4.69, 9.17) is 23.2 Å². The third-order valence-corrected chi connectivity index (χ3v) is 4.17. The maximum atomic E-state index is 12.2. The fraction of sp³-hybridized carbons (Fsp3) is 0.0625. The van der Waals surface area contributed by atoms with Gasteiger partial charge in [0.05, 0.1) is 18.1 Å². The molecule has 0 saturated heterocycles. The summed E-state index contributed by atoms with van der Waals surface area (Å²) in [6, 6.07) is 14.4. The molecule has 1 heterocycles. The summed E-state index contributed by atoms with van der Waals surface area (Å²) in [5.41, 5.74) is 2.36. The van der Waals surface area contributed by atoms with E-state index in [2.05, 4.69) is 14.1 Å². The summed E-state index contributed by atoms with van der Waals surface area (Å²) in [4.78, 5) is 12.2. The third-order valence-electron chi connectivity index (χ3n) is 3.14. The lowest BCUT2D eigenvalue weighted by Crippen LogP contribution is -2.15. The minimum atomic E-state index is -0.157. The molecule has 1 N–H and O–H groups in total. The van der Waals surface area contributed by atoms with Crippen molar-refractivity contribution in [2.24, 2.45) is 0 Å². The van der Waals surface area contributed by atoms with Gasteiger partial charge in [-0.15, -0.1) is 0 Å². The predicted molar refractivity (Wildman–Crippen MR) is 94.1 cm³/mol. The number of carbonyl (C=O) groups excluding carboxylic acids is 1. The quantitative estimate of drug-likeness (QED) is 0.731. The molecule has 1 aromatic heterocycles. The molecule has 1 amide bonds. The van der Waals surface area contributed by atoms with Gasteiger partial charge in [-0.1, -0.05) is 47.5 Å². The summed E-state index contributed by atoms with van der Waals surface area (Å²) >= 11 is 12.8. The second-order valence-electron chi connectivity index (χ2n) is 4.82. The number of anilines is 1. The molecule has 0 unspecified atom stereocenters. The molecule has 3 rings (SSSR count). The highest BCUT2D eigenvalue weighted by atomic mass is 35.5. The zero-order valence-corrected chi connectivity index (χ0v) is 14.1. The molecule has 7 heteroatoms. The third kappa shape index (κ3) is 4.07. The van der Waals surface area contributed by atoms with E-state index < -0.39 is 0 Å². The molecule has 0 aliphatic rings. The average Bonchev–Trinajstić information content (AvgIpc) is 2.98. The van der Waals surface area contributed by atoms with Crippen LogP contribution in [0.5, 0.6) is 0 Å². The van der Waals surface area contributed by atoms with Gasteiger partial charge < -0.3 is 5.32 Å². The number of halogens is 2. The normalized spacial score (nSPS) is 10.5. The van der Waals surface area contributed by atoms with Crippen LogP contribution in [0.1, 0.15) is 5.56 Å². The van der Waals surface area contributed by atoms with Crippen molar-refractivity contribution in [2.45, 2.75) is 6.42 Å². The van der Waals surface area contributed by atoms with Gasteiger partial charge in [-0.05, 0) is 29.8 Å². The first-order chi connectivity index (χ1) is 11.1. The van der Waals surface area contributed by atoms with Crippen molar-refractivity contribution in [3.63, 3.8) is 0 Å². The number of carbonyl (C=O) groups is 1. The molecule has 23 heavy (non-hydrogen) atoms. The Balaban J connectivity index is 1.73. The largest absolute Gasteiger partial charge is 0.308 e. The number of nitrogens with zero attached hydrogens (tertiary/aromatic N) is 2. The standard InChI is InChI=1S/C16H11Cl2N3OS/c17-12-5-1-10(2-6-12)9-14(22)19-16-15(20-23-21-16)11-3-7-13(18)8-4-11/h1-8H,9H2,(H,19,21,22). The molecular formula is C16H11Cl2N3OS. The van der Waals surface area contributed by atoms with Crippen LogP contribution >= 0.6 is 34.9 Å². The first kappa shape index (κ1) is 15.9. The van der Waals surface area contributed by atoms with Crippen LogP contribution in [0.15, 0.2) is 48.5 Å². The number of amides is 1. The van der Waals surface area contributed by atoms with E-state index in [9.17, 15) is 4.79 Å². The highest BCUT2D eigenvalue weighted by molar-refractivity contribution is 6.99. The van der Waals surface area contributed by atoms with Crippen molar-refractivity contribution >= 4 is 46.7 Å². The van der Waals surface area contributed by atoms with E-state index in [-0.39, 0.29) is 12.3 Å². The van der Waals surface area contributed by atoms with Crippen LogP contribution in [-0.2, 0) is 11.2 Å². The molecular weight excluding hydrogens is 353 g/mol. The molecule has 0 saturated carbocycles. The van der Waals surface area contributed by atoms with E-state index in [0.29, 0.717) is 21.6 Å². The molecule has 0 aliphatic carbocycles. The van der Waals surface area contributed by atoms with Gasteiger partial charge in [0.2, 0.25) is 5.91 Å². The molecule has 0 spiro atoms. The number of benzene rings is 2. The Bertz CT molecular complexity index is 816. The van der Waals surface area contributed by atoms with Gasteiger partial charge in [0.15, 0.2) is 5.82 Å². The lowest BCUT2D eigenvalue weighted by Gasteiger charge is -2.05. The molecule has 4 nitrogen and oxygen atoms in total. The molecule has 3 aromatic rings. The minimum absolute atomic E-state index is 0.157. The van der Waals surface area contributed by atoms with Crippen LogP contribution in [-0.4, -0.2) is 14.7 Å². The van der Waals surface area contributed by atoms with Crippen LogP contribution in [0.3, 0.4) is 0 Å². The maximum Gasteiger partial charge on any atom is 0.230 e. The Kier molecular flexibility index (Phi) is 4.91. The minimum Gasteiger partial charge on any atom is -0.308 e. The average molecular weight is 364 g/mol. The van der Waals surface area contributed by atoms with Crippen LogP contribution in [0.2, 0.25) is 10.0 Å². The number of hydrogen-bond acceptors (Lipinski definition) is 4. The zero-order chi connectivity index (χ0) is 16.2. The summed E-state index contributed by atoms with van der Waals surface area (Å²) < 4.78 is 8.40.